The van der Waals surface area contributed by atoms with Crippen LogP contribution in [0.3, 0.4) is 0 Å². The Bertz CT molecular complexity index is 233. The number of hydrogen-bond donors (Lipinski definition) is 0. The number of carbonyl (C=O) groups excluding carboxylic acids is 1. The molecule has 1 unspecified atom stereocenters. The summed E-state index contributed by atoms with van der Waals surface area (Å²) in [5.41, 5.74) is -0.623. The summed E-state index contributed by atoms with van der Waals surface area (Å²) in [7, 11) is 0. The number of allylic oxidation sites excluding steroid dienone is 2. The standard InChI is InChI=1S/C10H15F3O/c1-7(10(11,12)13)5-6-8(14)9(2,3)4/h5-7H,1-4H3/b6-5+. The highest BCUT2D eigenvalue weighted by Crippen LogP contribution is 2.27. The summed E-state index contributed by atoms with van der Waals surface area (Å²) >= 11 is 0. The molecule has 1 atom stereocenters. The van der Waals surface area contributed by atoms with Gasteiger partial charge in [0.05, 0.1) is 5.92 Å². The molecule has 82 valence electrons. The van der Waals surface area contributed by atoms with Gasteiger partial charge in [0.1, 0.15) is 0 Å². The molecular formula is C10H15F3O. The van der Waals surface area contributed by atoms with Crippen molar-refractivity contribution in [2.75, 3.05) is 0 Å². The Morgan fingerprint density at radius 2 is 1.64 bits per heavy atom. The summed E-state index contributed by atoms with van der Waals surface area (Å²) < 4.78 is 36.1. The summed E-state index contributed by atoms with van der Waals surface area (Å²) in [6.45, 7) is 6.01. The third kappa shape index (κ3) is 4.44. The van der Waals surface area contributed by atoms with E-state index in [0.29, 0.717) is 0 Å². The predicted octanol–water partition coefficient (Wildman–Crippen LogP) is 3.36. The first-order valence-corrected chi connectivity index (χ1v) is 4.34. The van der Waals surface area contributed by atoms with Crippen LogP contribution in [0.2, 0.25) is 0 Å². The molecule has 0 fully saturated rings. The fraction of sp³-hybridized carbons (Fsp3) is 0.700. The van der Waals surface area contributed by atoms with E-state index in [-0.39, 0.29) is 5.78 Å². The number of halogens is 3. The van der Waals surface area contributed by atoms with Crippen LogP contribution in [0.25, 0.3) is 0 Å². The molecule has 0 saturated heterocycles. The largest absolute Gasteiger partial charge is 0.394 e. The van der Waals surface area contributed by atoms with Gasteiger partial charge in [-0.05, 0) is 6.08 Å². The van der Waals surface area contributed by atoms with Gasteiger partial charge in [-0.3, -0.25) is 4.79 Å². The highest BCUT2D eigenvalue weighted by Gasteiger charge is 2.34. The van der Waals surface area contributed by atoms with Gasteiger partial charge in [-0.1, -0.05) is 33.8 Å². The van der Waals surface area contributed by atoms with E-state index in [1.165, 1.54) is 0 Å². The third-order valence-electron chi connectivity index (χ3n) is 1.79. The maximum absolute atomic E-state index is 12.0. The second-order valence-electron chi connectivity index (χ2n) is 4.30. The van der Waals surface area contributed by atoms with Crippen LogP contribution in [0.1, 0.15) is 27.7 Å². The quantitative estimate of drug-likeness (QED) is 0.636. The average molecular weight is 208 g/mol. The Morgan fingerprint density at radius 3 is 1.93 bits per heavy atom. The molecule has 0 bridgehead atoms. The summed E-state index contributed by atoms with van der Waals surface area (Å²) in [5, 5.41) is 0. The summed E-state index contributed by atoms with van der Waals surface area (Å²) in [6.07, 6.45) is -2.36. The molecule has 1 nitrogen and oxygen atoms in total. The minimum Gasteiger partial charge on any atom is -0.294 e. The maximum atomic E-state index is 12.0. The molecule has 0 rings (SSSR count). The molecule has 0 aliphatic carbocycles. The monoisotopic (exact) mass is 208 g/mol. The van der Waals surface area contributed by atoms with Crippen molar-refractivity contribution in [2.24, 2.45) is 11.3 Å². The second kappa shape index (κ2) is 4.15. The topological polar surface area (TPSA) is 17.1 Å². The normalized spacial score (nSPS) is 15.9. The van der Waals surface area contributed by atoms with Gasteiger partial charge < -0.3 is 0 Å². The van der Waals surface area contributed by atoms with Crippen LogP contribution in [0.5, 0.6) is 0 Å². The Labute approximate surface area is 82.0 Å². The molecule has 0 heterocycles. The van der Waals surface area contributed by atoms with Gasteiger partial charge in [-0.2, -0.15) is 13.2 Å². The molecule has 4 heteroatoms. The van der Waals surface area contributed by atoms with Crippen LogP contribution >= 0.6 is 0 Å². The molecule has 0 aliphatic heterocycles. The molecule has 14 heavy (non-hydrogen) atoms. The van der Waals surface area contributed by atoms with Crippen molar-refractivity contribution in [3.63, 3.8) is 0 Å². The van der Waals surface area contributed by atoms with Crippen LogP contribution in [0.15, 0.2) is 12.2 Å². The van der Waals surface area contributed by atoms with E-state index in [1.54, 1.807) is 20.8 Å². The number of rotatable bonds is 2. The molecule has 0 saturated carbocycles. The molecule has 0 aromatic rings. The zero-order valence-electron chi connectivity index (χ0n) is 8.77. The lowest BCUT2D eigenvalue weighted by Crippen LogP contribution is -2.20. The number of carbonyl (C=O) groups is 1. The molecule has 0 aromatic heterocycles. The first-order valence-electron chi connectivity index (χ1n) is 4.34. The van der Waals surface area contributed by atoms with Crippen molar-refractivity contribution in [3.8, 4) is 0 Å². The molecule has 0 amide bonds. The van der Waals surface area contributed by atoms with Gasteiger partial charge >= 0.3 is 6.18 Å². The van der Waals surface area contributed by atoms with Crippen LogP contribution in [-0.2, 0) is 4.79 Å². The minimum absolute atomic E-state index is 0.298. The van der Waals surface area contributed by atoms with E-state index in [1.807, 2.05) is 0 Å². The molecule has 0 N–H and O–H groups in total. The molecule has 0 aromatic carbocycles. The fourth-order valence-electron chi connectivity index (χ4n) is 0.591. The van der Waals surface area contributed by atoms with E-state index >= 15 is 0 Å². The van der Waals surface area contributed by atoms with Gasteiger partial charge in [0.15, 0.2) is 5.78 Å². The Balaban J connectivity index is 4.41. The Morgan fingerprint density at radius 1 is 1.21 bits per heavy atom. The Hall–Kier alpha value is -0.800. The first kappa shape index (κ1) is 13.2. The molecular weight excluding hydrogens is 193 g/mol. The summed E-state index contributed by atoms with van der Waals surface area (Å²) in [4.78, 5) is 11.2. The lowest BCUT2D eigenvalue weighted by Gasteiger charge is -2.14. The second-order valence-corrected chi connectivity index (χ2v) is 4.30. The van der Waals surface area contributed by atoms with Crippen LogP contribution < -0.4 is 0 Å². The highest BCUT2D eigenvalue weighted by atomic mass is 19.4. The predicted molar refractivity (Wildman–Crippen MR) is 48.8 cm³/mol. The minimum atomic E-state index is -4.27. The van der Waals surface area contributed by atoms with Crippen LogP contribution in [0, 0.1) is 11.3 Å². The van der Waals surface area contributed by atoms with Crippen molar-refractivity contribution in [3.05, 3.63) is 12.2 Å². The zero-order chi connectivity index (χ0) is 11.6. The van der Waals surface area contributed by atoms with E-state index in [0.717, 1.165) is 19.1 Å². The van der Waals surface area contributed by atoms with E-state index < -0.39 is 17.5 Å². The average Bonchev–Trinajstić information content (AvgIpc) is 1.95. The van der Waals surface area contributed by atoms with Crippen LogP contribution in [0.4, 0.5) is 13.2 Å². The fourth-order valence-corrected chi connectivity index (χ4v) is 0.591. The van der Waals surface area contributed by atoms with Gasteiger partial charge in [-0.25, -0.2) is 0 Å². The van der Waals surface area contributed by atoms with Gasteiger partial charge in [0, 0.05) is 5.41 Å². The summed E-state index contributed by atoms with van der Waals surface area (Å²) in [5.74, 6) is -1.87. The lowest BCUT2D eigenvalue weighted by molar-refractivity contribution is -0.156. The van der Waals surface area contributed by atoms with Gasteiger partial charge in [0.2, 0.25) is 0 Å². The number of hydrogen-bond acceptors (Lipinski definition) is 1. The van der Waals surface area contributed by atoms with Crippen molar-refractivity contribution >= 4 is 5.78 Å². The molecule has 0 radical (unpaired) electrons. The molecule has 0 aliphatic rings. The van der Waals surface area contributed by atoms with Crippen molar-refractivity contribution in [1.29, 1.82) is 0 Å². The lowest BCUT2D eigenvalue weighted by atomic mass is 9.90. The van der Waals surface area contributed by atoms with Crippen molar-refractivity contribution in [2.45, 2.75) is 33.9 Å². The molecule has 0 spiro atoms. The van der Waals surface area contributed by atoms with E-state index in [4.69, 9.17) is 0 Å². The van der Waals surface area contributed by atoms with Crippen LogP contribution in [-0.4, -0.2) is 12.0 Å². The zero-order valence-corrected chi connectivity index (χ0v) is 8.77. The van der Waals surface area contributed by atoms with Crippen molar-refractivity contribution in [1.82, 2.24) is 0 Å². The smallest absolute Gasteiger partial charge is 0.294 e. The summed E-state index contributed by atoms with van der Waals surface area (Å²) in [6, 6.07) is 0. The SMILES string of the molecule is CC(/C=C/C(=O)C(C)(C)C)C(F)(F)F. The number of ketones is 1. The maximum Gasteiger partial charge on any atom is 0.394 e. The van der Waals surface area contributed by atoms with Gasteiger partial charge in [-0.15, -0.1) is 0 Å². The van der Waals surface area contributed by atoms with E-state index in [2.05, 4.69) is 0 Å². The van der Waals surface area contributed by atoms with E-state index in [9.17, 15) is 18.0 Å². The number of alkyl halides is 3. The third-order valence-corrected chi connectivity index (χ3v) is 1.79. The van der Waals surface area contributed by atoms with Crippen molar-refractivity contribution < 1.29 is 18.0 Å². The first-order chi connectivity index (χ1) is 6.05. The van der Waals surface area contributed by atoms with Gasteiger partial charge in [0.25, 0.3) is 0 Å². The Kier molecular flexibility index (Phi) is 3.91. The highest BCUT2D eigenvalue weighted by molar-refractivity contribution is 5.93.